The molecule has 118 valence electrons. The first-order chi connectivity index (χ1) is 9.04. The number of ether oxygens (including phenoxy) is 1. The summed E-state index contributed by atoms with van der Waals surface area (Å²) in [6.07, 6.45) is 6.08. The molecule has 0 spiro atoms. The summed E-state index contributed by atoms with van der Waals surface area (Å²) in [4.78, 5) is 0. The van der Waals surface area contributed by atoms with Gasteiger partial charge in [0.2, 0.25) is 10.0 Å². The van der Waals surface area contributed by atoms with E-state index < -0.39 is 10.0 Å². The molecule has 3 rings (SSSR count). The van der Waals surface area contributed by atoms with Crippen molar-refractivity contribution in [1.82, 2.24) is 9.62 Å². The summed E-state index contributed by atoms with van der Waals surface area (Å²) in [6.45, 7) is 0.710. The van der Waals surface area contributed by atoms with Crippen molar-refractivity contribution in [3.8, 4) is 0 Å². The van der Waals surface area contributed by atoms with Crippen LogP contribution in [0.3, 0.4) is 0 Å². The molecule has 0 aliphatic carbocycles. The summed E-state index contributed by atoms with van der Waals surface area (Å²) in [5.41, 5.74) is 0. The first kappa shape index (κ1) is 16.5. The molecule has 5 nitrogen and oxygen atoms in total. The maximum Gasteiger partial charge on any atom is 0.216 e. The predicted molar refractivity (Wildman–Crippen MR) is 80.7 cm³/mol. The van der Waals surface area contributed by atoms with Crippen LogP contribution < -0.4 is 5.32 Å². The fraction of sp³-hybridized carbons (Fsp3) is 1.00. The van der Waals surface area contributed by atoms with Gasteiger partial charge in [0.1, 0.15) is 0 Å². The zero-order valence-electron chi connectivity index (χ0n) is 12.0. The topological polar surface area (TPSA) is 58.6 Å². The van der Waals surface area contributed by atoms with Gasteiger partial charge in [-0.15, -0.1) is 12.4 Å². The quantitative estimate of drug-likeness (QED) is 0.842. The second kappa shape index (κ2) is 6.48. The zero-order valence-corrected chi connectivity index (χ0v) is 13.6. The van der Waals surface area contributed by atoms with E-state index in [0.717, 1.165) is 25.7 Å². The van der Waals surface area contributed by atoms with E-state index in [-0.39, 0.29) is 30.3 Å². The van der Waals surface area contributed by atoms with Crippen LogP contribution in [-0.4, -0.2) is 56.4 Å². The Morgan fingerprint density at radius 1 is 1.20 bits per heavy atom. The molecule has 3 aliphatic heterocycles. The van der Waals surface area contributed by atoms with Gasteiger partial charge in [0.05, 0.1) is 11.9 Å². The molecule has 3 fully saturated rings. The Hall–Kier alpha value is 0.120. The Labute approximate surface area is 127 Å². The van der Waals surface area contributed by atoms with Gasteiger partial charge in [-0.25, -0.2) is 12.7 Å². The van der Waals surface area contributed by atoms with Crippen molar-refractivity contribution in [2.45, 2.75) is 62.8 Å². The maximum atomic E-state index is 12.4. The minimum absolute atomic E-state index is 0. The van der Waals surface area contributed by atoms with Crippen LogP contribution in [0.2, 0.25) is 0 Å². The molecule has 0 aromatic rings. The Balaban J connectivity index is 0.00000147. The molecule has 1 N–H and O–H groups in total. The molecule has 0 saturated carbocycles. The molecular weight excluding hydrogens is 300 g/mol. The van der Waals surface area contributed by atoms with Gasteiger partial charge in [0.15, 0.2) is 0 Å². The third-order valence-corrected chi connectivity index (χ3v) is 6.79. The van der Waals surface area contributed by atoms with Gasteiger partial charge in [-0.05, 0) is 38.5 Å². The Kier molecular flexibility index (Phi) is 5.34. The van der Waals surface area contributed by atoms with E-state index in [4.69, 9.17) is 4.74 Å². The molecule has 3 unspecified atom stereocenters. The molecule has 0 aromatic heterocycles. The van der Waals surface area contributed by atoms with Crippen LogP contribution in [0.5, 0.6) is 0 Å². The summed E-state index contributed by atoms with van der Waals surface area (Å²) in [5.74, 6) is 0.156. The summed E-state index contributed by atoms with van der Waals surface area (Å²) in [6, 6.07) is 1.21. The average Bonchev–Trinajstić information content (AvgIpc) is 2.98. The third kappa shape index (κ3) is 3.47. The SMILES string of the molecule is CN(C1CC2CCC(C1)N2)S(=O)(=O)CC1CCCO1.Cl. The average molecular weight is 325 g/mol. The predicted octanol–water partition coefficient (Wildman–Crippen LogP) is 1.13. The fourth-order valence-corrected chi connectivity index (χ4v) is 5.27. The number of hydrogen-bond donors (Lipinski definition) is 1. The number of sulfonamides is 1. The van der Waals surface area contributed by atoms with Gasteiger partial charge < -0.3 is 10.1 Å². The highest BCUT2D eigenvalue weighted by molar-refractivity contribution is 7.89. The van der Waals surface area contributed by atoms with Crippen LogP contribution in [0.25, 0.3) is 0 Å². The molecule has 3 aliphatic rings. The lowest BCUT2D eigenvalue weighted by Gasteiger charge is -2.35. The highest BCUT2D eigenvalue weighted by Gasteiger charge is 2.39. The van der Waals surface area contributed by atoms with Crippen LogP contribution in [0.15, 0.2) is 0 Å². The zero-order chi connectivity index (χ0) is 13.5. The molecular formula is C13H25ClN2O3S. The number of nitrogens with zero attached hydrogens (tertiary/aromatic N) is 1. The molecule has 7 heteroatoms. The summed E-state index contributed by atoms with van der Waals surface area (Å²) < 4.78 is 32.0. The third-order valence-electron chi connectivity index (χ3n) is 4.82. The number of nitrogens with one attached hydrogen (secondary N) is 1. The Bertz CT molecular complexity index is 413. The number of halogens is 1. The van der Waals surface area contributed by atoms with Gasteiger partial charge >= 0.3 is 0 Å². The van der Waals surface area contributed by atoms with Crippen molar-refractivity contribution >= 4 is 22.4 Å². The fourth-order valence-electron chi connectivity index (χ4n) is 3.68. The van der Waals surface area contributed by atoms with Crippen molar-refractivity contribution < 1.29 is 13.2 Å². The van der Waals surface area contributed by atoms with Gasteiger partial charge in [-0.2, -0.15) is 0 Å². The highest BCUT2D eigenvalue weighted by atomic mass is 35.5. The Morgan fingerprint density at radius 2 is 1.85 bits per heavy atom. The van der Waals surface area contributed by atoms with E-state index in [1.54, 1.807) is 11.4 Å². The van der Waals surface area contributed by atoms with Crippen LogP contribution >= 0.6 is 12.4 Å². The molecule has 3 saturated heterocycles. The lowest BCUT2D eigenvalue weighted by molar-refractivity contribution is 0.125. The second-order valence-corrected chi connectivity index (χ2v) is 8.27. The van der Waals surface area contributed by atoms with Crippen molar-refractivity contribution in [3.63, 3.8) is 0 Å². The van der Waals surface area contributed by atoms with Crippen LogP contribution in [0.1, 0.15) is 38.5 Å². The van der Waals surface area contributed by atoms with E-state index in [9.17, 15) is 8.42 Å². The molecule has 0 aromatic carbocycles. The lowest BCUT2D eigenvalue weighted by atomic mass is 10.0. The van der Waals surface area contributed by atoms with Crippen LogP contribution in [0, 0.1) is 0 Å². The maximum absolute atomic E-state index is 12.4. The minimum Gasteiger partial charge on any atom is -0.377 e. The summed E-state index contributed by atoms with van der Waals surface area (Å²) in [7, 11) is -1.43. The van der Waals surface area contributed by atoms with Gasteiger partial charge in [-0.3, -0.25) is 0 Å². The van der Waals surface area contributed by atoms with Crippen molar-refractivity contribution in [1.29, 1.82) is 0 Å². The summed E-state index contributed by atoms with van der Waals surface area (Å²) >= 11 is 0. The van der Waals surface area contributed by atoms with E-state index in [2.05, 4.69) is 5.32 Å². The number of rotatable bonds is 4. The van der Waals surface area contributed by atoms with E-state index in [1.165, 1.54) is 12.8 Å². The smallest absolute Gasteiger partial charge is 0.216 e. The lowest BCUT2D eigenvalue weighted by Crippen LogP contribution is -2.49. The van der Waals surface area contributed by atoms with Crippen LogP contribution in [0.4, 0.5) is 0 Å². The molecule has 0 amide bonds. The minimum atomic E-state index is -3.18. The van der Waals surface area contributed by atoms with Crippen molar-refractivity contribution in [2.24, 2.45) is 0 Å². The van der Waals surface area contributed by atoms with Gasteiger partial charge in [0, 0.05) is 31.8 Å². The normalized spacial score (nSPS) is 37.1. The van der Waals surface area contributed by atoms with Crippen LogP contribution in [-0.2, 0) is 14.8 Å². The molecule has 2 bridgehead atoms. The monoisotopic (exact) mass is 324 g/mol. The van der Waals surface area contributed by atoms with E-state index in [1.807, 2.05) is 0 Å². The molecule has 20 heavy (non-hydrogen) atoms. The largest absolute Gasteiger partial charge is 0.377 e. The van der Waals surface area contributed by atoms with Crippen molar-refractivity contribution in [2.75, 3.05) is 19.4 Å². The second-order valence-electron chi connectivity index (χ2n) is 6.19. The van der Waals surface area contributed by atoms with Gasteiger partial charge in [0.25, 0.3) is 0 Å². The number of hydrogen-bond acceptors (Lipinski definition) is 4. The van der Waals surface area contributed by atoms with E-state index in [0.29, 0.717) is 18.7 Å². The standard InChI is InChI=1S/C13H24N2O3S.ClH/c1-15(12-7-10-4-5-11(8-12)14-10)19(16,17)9-13-3-2-6-18-13;/h10-14H,2-9H2,1H3;1H. The Morgan fingerprint density at radius 3 is 2.40 bits per heavy atom. The number of fused-ring (bicyclic) bond motifs is 2. The molecule has 3 atom stereocenters. The first-order valence-corrected chi connectivity index (χ1v) is 8.99. The molecule has 0 radical (unpaired) electrons. The first-order valence-electron chi connectivity index (χ1n) is 7.38. The number of piperidine rings is 1. The summed E-state index contributed by atoms with van der Waals surface area (Å²) in [5, 5.41) is 3.55. The van der Waals surface area contributed by atoms with E-state index >= 15 is 0 Å². The van der Waals surface area contributed by atoms with Gasteiger partial charge in [-0.1, -0.05) is 0 Å². The molecule has 3 heterocycles. The highest BCUT2D eigenvalue weighted by Crippen LogP contribution is 2.30. The van der Waals surface area contributed by atoms with Crippen molar-refractivity contribution in [3.05, 3.63) is 0 Å².